The number of para-hydroxylation sites is 1. The molecule has 1 N–H and O–H groups in total. The highest BCUT2D eigenvalue weighted by atomic mass is 79.9. The molecule has 80 valence electrons. The Morgan fingerprint density at radius 1 is 1.53 bits per heavy atom. The minimum Gasteiger partial charge on any atom is -0.374 e. The van der Waals surface area contributed by atoms with E-state index in [2.05, 4.69) is 28.2 Å². The molecule has 0 aromatic heterocycles. The van der Waals surface area contributed by atoms with Gasteiger partial charge >= 0.3 is 0 Å². The second-order valence-corrected chi connectivity index (χ2v) is 4.39. The van der Waals surface area contributed by atoms with Crippen molar-refractivity contribution in [1.29, 1.82) is 0 Å². The number of carbonyl (C=O) groups is 1. The van der Waals surface area contributed by atoms with Crippen LogP contribution in [0.5, 0.6) is 0 Å². The number of halogens is 1. The van der Waals surface area contributed by atoms with E-state index in [1.165, 1.54) is 0 Å². The van der Waals surface area contributed by atoms with Crippen LogP contribution in [0.1, 0.15) is 13.3 Å². The molecule has 0 spiro atoms. The van der Waals surface area contributed by atoms with E-state index in [9.17, 15) is 4.79 Å². The Hall–Kier alpha value is -1.03. The second kappa shape index (κ2) is 4.23. The van der Waals surface area contributed by atoms with Gasteiger partial charge in [-0.05, 0) is 34.5 Å². The molecule has 15 heavy (non-hydrogen) atoms. The summed E-state index contributed by atoms with van der Waals surface area (Å²) in [4.78, 5) is 13.6. The number of carbonyl (C=O) groups excluding carboxylic acids is 1. The summed E-state index contributed by atoms with van der Waals surface area (Å²) in [6, 6.07) is 5.90. The van der Waals surface area contributed by atoms with Crippen molar-refractivity contribution >= 4 is 33.2 Å². The number of hydrogen-bond acceptors (Lipinski definition) is 2. The van der Waals surface area contributed by atoms with Crippen molar-refractivity contribution in [2.24, 2.45) is 0 Å². The van der Waals surface area contributed by atoms with Crippen LogP contribution >= 0.6 is 15.9 Å². The van der Waals surface area contributed by atoms with Crippen molar-refractivity contribution < 1.29 is 4.79 Å². The predicted molar refractivity (Wildman–Crippen MR) is 65.3 cm³/mol. The van der Waals surface area contributed by atoms with Crippen LogP contribution in [0.3, 0.4) is 0 Å². The van der Waals surface area contributed by atoms with E-state index in [0.29, 0.717) is 6.54 Å². The lowest BCUT2D eigenvalue weighted by molar-refractivity contribution is -0.117. The summed E-state index contributed by atoms with van der Waals surface area (Å²) in [5, 5.41) is 3.13. The Morgan fingerprint density at radius 3 is 3.07 bits per heavy atom. The first-order chi connectivity index (χ1) is 7.24. The first kappa shape index (κ1) is 10.5. The van der Waals surface area contributed by atoms with Crippen LogP contribution < -0.4 is 10.2 Å². The van der Waals surface area contributed by atoms with E-state index in [0.717, 1.165) is 28.8 Å². The van der Waals surface area contributed by atoms with Gasteiger partial charge in [-0.2, -0.15) is 0 Å². The predicted octanol–water partition coefficient (Wildman–Crippen LogP) is 2.62. The average molecular weight is 269 g/mol. The van der Waals surface area contributed by atoms with E-state index in [4.69, 9.17) is 0 Å². The third kappa shape index (κ3) is 1.86. The maximum atomic E-state index is 11.7. The Balaban J connectivity index is 2.43. The van der Waals surface area contributed by atoms with E-state index < -0.39 is 0 Å². The zero-order valence-electron chi connectivity index (χ0n) is 8.59. The van der Waals surface area contributed by atoms with E-state index >= 15 is 0 Å². The number of hydrogen-bond donors (Lipinski definition) is 1. The van der Waals surface area contributed by atoms with E-state index in [1.807, 2.05) is 23.1 Å². The van der Waals surface area contributed by atoms with Crippen LogP contribution in [-0.2, 0) is 4.79 Å². The highest BCUT2D eigenvalue weighted by Gasteiger charge is 2.23. The van der Waals surface area contributed by atoms with Gasteiger partial charge in [-0.3, -0.25) is 4.79 Å². The number of nitrogens with zero attached hydrogens (tertiary/aromatic N) is 1. The van der Waals surface area contributed by atoms with Crippen molar-refractivity contribution in [2.45, 2.75) is 13.3 Å². The monoisotopic (exact) mass is 268 g/mol. The van der Waals surface area contributed by atoms with Gasteiger partial charge in [0.1, 0.15) is 0 Å². The summed E-state index contributed by atoms with van der Waals surface area (Å²) in [5.41, 5.74) is 1.99. The highest BCUT2D eigenvalue weighted by molar-refractivity contribution is 9.10. The zero-order valence-corrected chi connectivity index (χ0v) is 10.2. The largest absolute Gasteiger partial charge is 0.374 e. The smallest absolute Gasteiger partial charge is 0.246 e. The van der Waals surface area contributed by atoms with E-state index in [-0.39, 0.29) is 5.91 Å². The maximum absolute atomic E-state index is 11.7. The number of fused-ring (bicyclic) bond motifs is 1. The van der Waals surface area contributed by atoms with Crippen LogP contribution in [0.2, 0.25) is 0 Å². The molecule has 2 rings (SSSR count). The van der Waals surface area contributed by atoms with Crippen LogP contribution in [0.4, 0.5) is 11.4 Å². The first-order valence-corrected chi connectivity index (χ1v) is 5.86. The molecule has 0 aliphatic carbocycles. The lowest BCUT2D eigenvalue weighted by Gasteiger charge is -2.30. The standard InChI is InChI=1S/C11H13BrN2O/c1-2-6-14-9-5-3-4-8(12)11(9)13-7-10(14)15/h3-5,13H,2,6-7H2,1H3. The molecule has 0 atom stereocenters. The molecule has 0 saturated carbocycles. The third-order valence-corrected chi connectivity index (χ3v) is 3.11. The van der Waals surface area contributed by atoms with Gasteiger partial charge in [-0.15, -0.1) is 0 Å². The quantitative estimate of drug-likeness (QED) is 0.895. The molecule has 1 aliphatic rings. The molecule has 0 bridgehead atoms. The first-order valence-electron chi connectivity index (χ1n) is 5.06. The summed E-state index contributed by atoms with van der Waals surface area (Å²) in [6.07, 6.45) is 0.970. The second-order valence-electron chi connectivity index (χ2n) is 3.53. The zero-order chi connectivity index (χ0) is 10.8. The van der Waals surface area contributed by atoms with Crippen molar-refractivity contribution in [1.82, 2.24) is 0 Å². The van der Waals surface area contributed by atoms with Crippen molar-refractivity contribution in [3.05, 3.63) is 22.7 Å². The lowest BCUT2D eigenvalue weighted by Crippen LogP contribution is -2.40. The van der Waals surface area contributed by atoms with Crippen LogP contribution in [0.25, 0.3) is 0 Å². The van der Waals surface area contributed by atoms with Gasteiger partial charge in [0.2, 0.25) is 5.91 Å². The topological polar surface area (TPSA) is 32.3 Å². The molecule has 0 saturated heterocycles. The molecule has 1 aliphatic heterocycles. The van der Waals surface area contributed by atoms with Crippen LogP contribution in [0.15, 0.2) is 22.7 Å². The molecule has 0 radical (unpaired) electrons. The van der Waals surface area contributed by atoms with Crippen molar-refractivity contribution in [3.8, 4) is 0 Å². The number of nitrogens with one attached hydrogen (secondary N) is 1. The SMILES string of the molecule is CCCN1C(=O)CNc2c(Br)cccc21. The van der Waals surface area contributed by atoms with Gasteiger partial charge in [0.05, 0.1) is 17.9 Å². The Kier molecular flexibility index (Phi) is 2.95. The summed E-state index contributed by atoms with van der Waals surface area (Å²) >= 11 is 3.48. The minimum absolute atomic E-state index is 0.141. The Labute approximate surface area is 97.6 Å². The van der Waals surface area contributed by atoms with Gasteiger partial charge < -0.3 is 10.2 Å². The summed E-state index contributed by atoms with van der Waals surface area (Å²) in [7, 11) is 0. The molecule has 1 heterocycles. The fourth-order valence-corrected chi connectivity index (χ4v) is 2.27. The molecule has 0 unspecified atom stereocenters. The van der Waals surface area contributed by atoms with Crippen LogP contribution in [0, 0.1) is 0 Å². The van der Waals surface area contributed by atoms with Crippen molar-refractivity contribution in [3.63, 3.8) is 0 Å². The fourth-order valence-electron chi connectivity index (χ4n) is 1.78. The summed E-state index contributed by atoms with van der Waals surface area (Å²) < 4.78 is 1.01. The summed E-state index contributed by atoms with van der Waals surface area (Å²) in [5.74, 6) is 0.141. The van der Waals surface area contributed by atoms with Crippen molar-refractivity contribution in [2.75, 3.05) is 23.3 Å². The normalized spacial score (nSPS) is 14.8. The Morgan fingerprint density at radius 2 is 2.33 bits per heavy atom. The Bertz CT molecular complexity index is 392. The minimum atomic E-state index is 0.141. The fraction of sp³-hybridized carbons (Fsp3) is 0.364. The molecular formula is C11H13BrN2O. The number of amides is 1. The molecule has 1 aromatic rings. The number of anilines is 2. The molecule has 0 fully saturated rings. The van der Waals surface area contributed by atoms with Gasteiger partial charge in [0.15, 0.2) is 0 Å². The number of rotatable bonds is 2. The maximum Gasteiger partial charge on any atom is 0.246 e. The average Bonchev–Trinajstić information content (AvgIpc) is 2.23. The summed E-state index contributed by atoms with van der Waals surface area (Å²) in [6.45, 7) is 3.24. The van der Waals surface area contributed by atoms with Gasteiger partial charge in [0.25, 0.3) is 0 Å². The third-order valence-electron chi connectivity index (χ3n) is 2.45. The lowest BCUT2D eigenvalue weighted by atomic mass is 10.2. The van der Waals surface area contributed by atoms with Gasteiger partial charge in [-0.25, -0.2) is 0 Å². The van der Waals surface area contributed by atoms with Gasteiger partial charge in [0, 0.05) is 11.0 Å². The van der Waals surface area contributed by atoms with E-state index in [1.54, 1.807) is 0 Å². The highest BCUT2D eigenvalue weighted by Crippen LogP contribution is 2.35. The molecule has 3 nitrogen and oxygen atoms in total. The molecule has 1 aromatic carbocycles. The molecule has 4 heteroatoms. The number of benzene rings is 1. The molecular weight excluding hydrogens is 256 g/mol. The molecule has 1 amide bonds. The van der Waals surface area contributed by atoms with Gasteiger partial charge in [-0.1, -0.05) is 13.0 Å². The van der Waals surface area contributed by atoms with Crippen LogP contribution in [-0.4, -0.2) is 19.0 Å².